The first-order valence-electron chi connectivity index (χ1n) is 9.02. The number of nitrogens with one attached hydrogen (secondary N) is 2. The van der Waals surface area contributed by atoms with Crippen molar-refractivity contribution in [2.75, 3.05) is 6.54 Å². The number of urea groups is 1. The average molecular weight is 385 g/mol. The van der Waals surface area contributed by atoms with Crippen LogP contribution >= 0.6 is 11.3 Å². The molecule has 7 heteroatoms. The van der Waals surface area contributed by atoms with Gasteiger partial charge in [0.1, 0.15) is 12.1 Å². The van der Waals surface area contributed by atoms with Crippen LogP contribution < -0.4 is 10.6 Å². The topological polar surface area (TPSA) is 78.5 Å². The van der Waals surface area contributed by atoms with Crippen LogP contribution in [-0.2, 0) is 9.59 Å². The van der Waals surface area contributed by atoms with Crippen molar-refractivity contribution in [1.82, 2.24) is 15.5 Å². The van der Waals surface area contributed by atoms with Crippen LogP contribution in [0.2, 0.25) is 0 Å². The fraction of sp³-hybridized carbons (Fsp3) is 0.350. The predicted molar refractivity (Wildman–Crippen MR) is 104 cm³/mol. The molecule has 1 aromatic carbocycles. The molecule has 1 atom stereocenters. The van der Waals surface area contributed by atoms with Gasteiger partial charge in [0.25, 0.3) is 5.91 Å². The van der Waals surface area contributed by atoms with Gasteiger partial charge >= 0.3 is 6.03 Å². The number of carbonyl (C=O) groups is 3. The molecule has 0 bridgehead atoms. The van der Waals surface area contributed by atoms with E-state index in [0.29, 0.717) is 12.8 Å². The third-order valence-corrected chi connectivity index (χ3v) is 5.96. The Kier molecular flexibility index (Phi) is 5.60. The monoisotopic (exact) mass is 385 g/mol. The minimum absolute atomic E-state index is 0.291. The van der Waals surface area contributed by atoms with Crippen LogP contribution in [0.15, 0.2) is 47.8 Å². The number of carbonyl (C=O) groups excluding carboxylic acids is 3. The van der Waals surface area contributed by atoms with Gasteiger partial charge in [-0.1, -0.05) is 50.2 Å². The zero-order chi connectivity index (χ0) is 19.4. The average Bonchev–Trinajstić information content (AvgIpc) is 3.30. The molecule has 2 N–H and O–H groups in total. The molecule has 0 unspecified atom stereocenters. The largest absolute Gasteiger partial charge is 0.343 e. The summed E-state index contributed by atoms with van der Waals surface area (Å²) < 4.78 is 0. The van der Waals surface area contributed by atoms with E-state index >= 15 is 0 Å². The number of nitrogens with zero attached hydrogens (tertiary/aromatic N) is 1. The van der Waals surface area contributed by atoms with Crippen LogP contribution in [0.3, 0.4) is 0 Å². The molecule has 142 valence electrons. The Morgan fingerprint density at radius 2 is 1.85 bits per heavy atom. The Morgan fingerprint density at radius 1 is 1.15 bits per heavy atom. The molecule has 3 rings (SSSR count). The molecule has 1 aliphatic heterocycles. The molecule has 0 saturated carbocycles. The van der Waals surface area contributed by atoms with Crippen molar-refractivity contribution in [1.29, 1.82) is 0 Å². The van der Waals surface area contributed by atoms with Gasteiger partial charge in [-0.3, -0.25) is 14.5 Å². The van der Waals surface area contributed by atoms with Gasteiger partial charge in [-0.25, -0.2) is 4.79 Å². The van der Waals surface area contributed by atoms with Gasteiger partial charge in [-0.15, -0.1) is 11.3 Å². The summed E-state index contributed by atoms with van der Waals surface area (Å²) in [4.78, 5) is 39.6. The maximum atomic E-state index is 12.7. The summed E-state index contributed by atoms with van der Waals surface area (Å²) in [6, 6.07) is 12.7. The molecule has 1 aromatic heterocycles. The number of imide groups is 1. The molecule has 0 spiro atoms. The quantitative estimate of drug-likeness (QED) is 0.719. The summed E-state index contributed by atoms with van der Waals surface area (Å²) in [7, 11) is 0. The Labute approximate surface area is 162 Å². The summed E-state index contributed by atoms with van der Waals surface area (Å²) in [5, 5.41) is 7.66. The maximum absolute atomic E-state index is 12.7. The Morgan fingerprint density at radius 3 is 2.41 bits per heavy atom. The van der Waals surface area contributed by atoms with E-state index in [4.69, 9.17) is 0 Å². The number of rotatable bonds is 7. The summed E-state index contributed by atoms with van der Waals surface area (Å²) in [6.45, 7) is 3.42. The van der Waals surface area contributed by atoms with Crippen molar-refractivity contribution >= 4 is 29.2 Å². The number of benzene rings is 1. The lowest BCUT2D eigenvalue weighted by atomic mass is 9.93. The standard InChI is InChI=1S/C20H23N3O3S/c1-3-20(4-2)18(25)23(19(26)22-20)13-16(24)21-17(15-11-8-12-27-15)14-9-6-5-7-10-14/h5-12,17H,3-4,13H2,1-2H3,(H,21,24)(H,22,26)/t17-/m1/s1. The normalized spacial score (nSPS) is 16.9. The highest BCUT2D eigenvalue weighted by Crippen LogP contribution is 2.27. The second-order valence-electron chi connectivity index (χ2n) is 6.54. The molecule has 27 heavy (non-hydrogen) atoms. The van der Waals surface area contributed by atoms with Gasteiger partial charge < -0.3 is 10.6 Å². The molecule has 2 heterocycles. The summed E-state index contributed by atoms with van der Waals surface area (Å²) >= 11 is 1.54. The Bertz CT molecular complexity index is 816. The van der Waals surface area contributed by atoms with Crippen molar-refractivity contribution in [3.05, 3.63) is 58.3 Å². The summed E-state index contributed by atoms with van der Waals surface area (Å²) in [5.41, 5.74) is 0.0474. The molecule has 0 aliphatic carbocycles. The van der Waals surface area contributed by atoms with Crippen LogP contribution in [0.1, 0.15) is 43.2 Å². The van der Waals surface area contributed by atoms with Crippen LogP contribution in [0.25, 0.3) is 0 Å². The van der Waals surface area contributed by atoms with E-state index in [-0.39, 0.29) is 24.4 Å². The van der Waals surface area contributed by atoms with Gasteiger partial charge in [0.05, 0.1) is 6.04 Å². The predicted octanol–water partition coefficient (Wildman–Crippen LogP) is 3.06. The molecule has 1 aliphatic rings. The lowest BCUT2D eigenvalue weighted by Crippen LogP contribution is -2.46. The number of hydrogen-bond donors (Lipinski definition) is 2. The van der Waals surface area contributed by atoms with Gasteiger partial charge in [0, 0.05) is 4.88 Å². The van der Waals surface area contributed by atoms with E-state index in [1.54, 1.807) is 11.3 Å². The van der Waals surface area contributed by atoms with Crippen LogP contribution in [0.5, 0.6) is 0 Å². The zero-order valence-electron chi connectivity index (χ0n) is 15.4. The van der Waals surface area contributed by atoms with Gasteiger partial charge in [-0.05, 0) is 29.9 Å². The molecular formula is C20H23N3O3S. The van der Waals surface area contributed by atoms with E-state index < -0.39 is 11.6 Å². The van der Waals surface area contributed by atoms with Crippen molar-refractivity contribution in [2.24, 2.45) is 0 Å². The number of amides is 4. The van der Waals surface area contributed by atoms with E-state index in [9.17, 15) is 14.4 Å². The molecule has 4 amide bonds. The first-order valence-corrected chi connectivity index (χ1v) is 9.90. The van der Waals surface area contributed by atoms with E-state index in [1.165, 1.54) is 0 Å². The second kappa shape index (κ2) is 7.92. The van der Waals surface area contributed by atoms with Crippen molar-refractivity contribution < 1.29 is 14.4 Å². The highest BCUT2D eigenvalue weighted by Gasteiger charge is 2.49. The fourth-order valence-electron chi connectivity index (χ4n) is 3.32. The van der Waals surface area contributed by atoms with Crippen LogP contribution in [-0.4, -0.2) is 34.8 Å². The molecular weight excluding hydrogens is 362 g/mol. The second-order valence-corrected chi connectivity index (χ2v) is 7.52. The van der Waals surface area contributed by atoms with Crippen molar-refractivity contribution in [3.8, 4) is 0 Å². The van der Waals surface area contributed by atoms with Gasteiger partial charge in [0.2, 0.25) is 5.91 Å². The van der Waals surface area contributed by atoms with Crippen LogP contribution in [0, 0.1) is 0 Å². The maximum Gasteiger partial charge on any atom is 0.325 e. The van der Waals surface area contributed by atoms with Gasteiger partial charge in [0.15, 0.2) is 0 Å². The lowest BCUT2D eigenvalue weighted by Gasteiger charge is -2.23. The lowest BCUT2D eigenvalue weighted by molar-refractivity contribution is -0.135. The highest BCUT2D eigenvalue weighted by atomic mass is 32.1. The highest BCUT2D eigenvalue weighted by molar-refractivity contribution is 7.10. The Hall–Kier alpha value is -2.67. The van der Waals surface area contributed by atoms with Crippen molar-refractivity contribution in [2.45, 2.75) is 38.3 Å². The molecule has 1 fully saturated rings. The van der Waals surface area contributed by atoms with E-state index in [2.05, 4.69) is 10.6 Å². The van der Waals surface area contributed by atoms with E-state index in [1.807, 2.05) is 61.7 Å². The fourth-order valence-corrected chi connectivity index (χ4v) is 4.12. The first-order chi connectivity index (χ1) is 13.0. The Balaban J connectivity index is 1.76. The molecule has 1 saturated heterocycles. The third kappa shape index (κ3) is 3.73. The smallest absolute Gasteiger partial charge is 0.325 e. The van der Waals surface area contributed by atoms with Gasteiger partial charge in [-0.2, -0.15) is 0 Å². The number of thiophene rings is 1. The van der Waals surface area contributed by atoms with Crippen LogP contribution in [0.4, 0.5) is 4.79 Å². The minimum Gasteiger partial charge on any atom is -0.343 e. The molecule has 2 aromatic rings. The summed E-state index contributed by atoms with van der Waals surface area (Å²) in [6.07, 6.45) is 0.988. The zero-order valence-corrected chi connectivity index (χ0v) is 16.2. The summed E-state index contributed by atoms with van der Waals surface area (Å²) in [5.74, 6) is -0.705. The number of hydrogen-bond acceptors (Lipinski definition) is 4. The molecule has 0 radical (unpaired) electrons. The SMILES string of the molecule is CCC1(CC)NC(=O)N(CC(=O)N[C@H](c2ccccc2)c2cccs2)C1=O. The van der Waals surface area contributed by atoms with E-state index in [0.717, 1.165) is 15.3 Å². The minimum atomic E-state index is -0.899. The first kappa shape index (κ1) is 19.1. The third-order valence-electron chi connectivity index (χ3n) is 5.02. The molecule has 6 nitrogen and oxygen atoms in total. The van der Waals surface area contributed by atoms with Crippen molar-refractivity contribution in [3.63, 3.8) is 0 Å².